The molecule has 3 aliphatic rings. The second-order valence-corrected chi connectivity index (χ2v) is 18.9. The topological polar surface area (TPSA) is 451 Å². The Bertz CT molecular complexity index is 2620. The van der Waals surface area contributed by atoms with Crippen LogP contribution in [0.2, 0.25) is 0 Å². The maximum Gasteiger partial charge on any atom is 0.490 e. The van der Waals surface area contributed by atoms with Crippen LogP contribution in [0.1, 0.15) is 32.2 Å². The summed E-state index contributed by atoms with van der Waals surface area (Å²) in [4.78, 5) is 84.9. The van der Waals surface area contributed by atoms with Crippen molar-refractivity contribution >= 4 is 63.6 Å². The standard InChI is InChI=1S/C28H41N12O19P3/c1-28(4-3-13(41)32-6-5-29)56-18-12(55-25(19(18)57-28)39-9-33-14-20(39)34-26(30)36-22(14)44)8-53-61(48,49)59-62(50,51)58-60(46,47)52-7-11-16(42)17(43)24(54-11)40-10-38(2)15-21(40)35-27(31)37-23(15)45/h9-12,16-19,24-25,42-43H,3-8,29H2,1-2H3,(H9-,30,31,32,34,35,36,37,41,44,45,46,47,48,49,50,51)/p+1/t11-,12-,16-,17-,18-,19-,24-,25-,28+/m1/s1. The zero-order valence-electron chi connectivity index (χ0n) is 32.2. The number of carbonyl (C=O) groups excluding carboxylic acids is 1. The first-order chi connectivity index (χ1) is 29.0. The molecule has 34 heteroatoms. The molecule has 7 heterocycles. The number of aliphatic hydroxyl groups excluding tert-OH is 2. The van der Waals surface area contributed by atoms with E-state index in [1.807, 2.05) is 0 Å². The minimum Gasteiger partial charge on any atom is -0.387 e. The van der Waals surface area contributed by atoms with Crippen molar-refractivity contribution in [3.8, 4) is 0 Å². The monoisotopic (exact) mass is 943 g/mol. The van der Waals surface area contributed by atoms with Crippen LogP contribution in [0, 0.1) is 0 Å². The fourth-order valence-electron chi connectivity index (χ4n) is 7.04. The van der Waals surface area contributed by atoms with Crippen LogP contribution in [0.3, 0.4) is 0 Å². The molecule has 12 atom stereocenters. The van der Waals surface area contributed by atoms with E-state index in [9.17, 15) is 53.0 Å². The number of amides is 1. The van der Waals surface area contributed by atoms with Crippen LogP contribution in [0.5, 0.6) is 0 Å². The Hall–Kier alpha value is -4.10. The Kier molecular flexibility index (Phi) is 12.7. The van der Waals surface area contributed by atoms with Crippen LogP contribution in [0.15, 0.2) is 22.2 Å². The Morgan fingerprint density at radius 2 is 1.58 bits per heavy atom. The number of nitrogens with one attached hydrogen (secondary N) is 3. The van der Waals surface area contributed by atoms with Crippen LogP contribution in [0.4, 0.5) is 11.9 Å². The molecule has 7 rings (SSSR count). The van der Waals surface area contributed by atoms with Gasteiger partial charge in [0.2, 0.25) is 23.6 Å². The number of carbonyl (C=O) groups is 1. The van der Waals surface area contributed by atoms with Crippen molar-refractivity contribution in [3.05, 3.63) is 33.4 Å². The van der Waals surface area contributed by atoms with E-state index < -0.39 is 103 Å². The number of phosphoric acid groups is 3. The van der Waals surface area contributed by atoms with Gasteiger partial charge in [-0.3, -0.25) is 42.5 Å². The summed E-state index contributed by atoms with van der Waals surface area (Å²) in [5, 5.41) is 24.0. The second-order valence-electron chi connectivity index (χ2n) is 14.2. The van der Waals surface area contributed by atoms with Gasteiger partial charge in [0, 0.05) is 25.9 Å². The smallest absolute Gasteiger partial charge is 0.387 e. The number of hydrogen-bond acceptors (Lipinski definition) is 22. The minimum absolute atomic E-state index is 0.00631. The number of phosphoric ester groups is 2. The third-order valence-corrected chi connectivity index (χ3v) is 13.9. The average molecular weight is 944 g/mol. The molecule has 4 aromatic heterocycles. The van der Waals surface area contributed by atoms with Gasteiger partial charge in [-0.1, -0.05) is 4.98 Å². The molecule has 0 radical (unpaired) electrons. The van der Waals surface area contributed by atoms with E-state index in [1.165, 1.54) is 35.8 Å². The van der Waals surface area contributed by atoms with E-state index in [2.05, 4.69) is 38.9 Å². The Morgan fingerprint density at radius 3 is 2.26 bits per heavy atom. The Labute approximate surface area is 345 Å². The molecule has 0 aliphatic carbocycles. The number of anilines is 2. The summed E-state index contributed by atoms with van der Waals surface area (Å²) in [6, 6.07) is 0. The highest BCUT2D eigenvalue weighted by Gasteiger charge is 2.58. The van der Waals surface area contributed by atoms with Crippen LogP contribution in [-0.2, 0) is 62.2 Å². The maximum absolute atomic E-state index is 13.0. The molecule has 62 heavy (non-hydrogen) atoms. The molecule has 1 amide bonds. The number of aryl methyl sites for hydroxylation is 1. The molecule has 4 aromatic rings. The van der Waals surface area contributed by atoms with Gasteiger partial charge in [-0.15, -0.1) is 0 Å². The van der Waals surface area contributed by atoms with Crippen LogP contribution >= 0.6 is 23.5 Å². The molecule has 3 saturated heterocycles. The lowest BCUT2D eigenvalue weighted by Crippen LogP contribution is -2.46. The van der Waals surface area contributed by atoms with E-state index in [0.717, 1.165) is 4.57 Å². The largest absolute Gasteiger partial charge is 0.490 e. The maximum atomic E-state index is 13.0. The summed E-state index contributed by atoms with van der Waals surface area (Å²) >= 11 is 0. The predicted molar refractivity (Wildman–Crippen MR) is 201 cm³/mol. The van der Waals surface area contributed by atoms with E-state index in [1.54, 1.807) is 0 Å². The lowest BCUT2D eigenvalue weighted by molar-refractivity contribution is -0.745. The molecule has 3 unspecified atom stereocenters. The van der Waals surface area contributed by atoms with Crippen molar-refractivity contribution in [2.75, 3.05) is 37.8 Å². The molecule has 3 aliphatic heterocycles. The van der Waals surface area contributed by atoms with Gasteiger partial charge in [-0.2, -0.15) is 13.6 Å². The van der Waals surface area contributed by atoms with Gasteiger partial charge in [-0.05, 0) is 6.92 Å². The van der Waals surface area contributed by atoms with E-state index in [-0.39, 0.29) is 66.1 Å². The third kappa shape index (κ3) is 9.54. The molecule has 14 N–H and O–H groups in total. The molecular formula is C28H42N12O19P3+. The molecule has 0 aromatic carbocycles. The zero-order valence-corrected chi connectivity index (χ0v) is 34.9. The first-order valence-corrected chi connectivity index (χ1v) is 22.7. The van der Waals surface area contributed by atoms with Crippen molar-refractivity contribution in [3.63, 3.8) is 0 Å². The van der Waals surface area contributed by atoms with Crippen molar-refractivity contribution in [2.45, 2.75) is 74.6 Å². The second kappa shape index (κ2) is 17.1. The predicted octanol–water partition coefficient (Wildman–Crippen LogP) is -3.91. The summed E-state index contributed by atoms with van der Waals surface area (Å²) in [5.41, 5.74) is 15.3. The molecule has 342 valence electrons. The van der Waals surface area contributed by atoms with Crippen LogP contribution < -0.4 is 38.2 Å². The van der Waals surface area contributed by atoms with Gasteiger partial charge in [0.15, 0.2) is 29.5 Å². The third-order valence-electron chi connectivity index (χ3n) is 9.67. The summed E-state index contributed by atoms with van der Waals surface area (Å²) in [6.07, 6.45) is -9.08. The fraction of sp³-hybridized carbons (Fsp3) is 0.607. The number of nitrogens with zero attached hydrogens (tertiary/aromatic N) is 6. The Balaban J connectivity index is 0.993. The van der Waals surface area contributed by atoms with Gasteiger partial charge in [0.25, 0.3) is 17.1 Å². The Morgan fingerprint density at radius 1 is 0.952 bits per heavy atom. The van der Waals surface area contributed by atoms with Gasteiger partial charge >= 0.3 is 29.1 Å². The average Bonchev–Trinajstić information content (AvgIpc) is 3.96. The minimum atomic E-state index is -6.03. The first-order valence-electron chi connectivity index (χ1n) is 18.2. The van der Waals surface area contributed by atoms with E-state index >= 15 is 0 Å². The first kappa shape index (κ1) is 45.9. The number of aromatic nitrogens is 8. The number of rotatable bonds is 17. The van der Waals surface area contributed by atoms with E-state index in [4.69, 9.17) is 45.2 Å². The normalized spacial score (nSPS) is 30.3. The van der Waals surface area contributed by atoms with Crippen molar-refractivity contribution in [2.24, 2.45) is 12.8 Å². The number of fused-ring (bicyclic) bond motifs is 3. The van der Waals surface area contributed by atoms with Gasteiger partial charge in [-0.25, -0.2) is 23.2 Å². The molecule has 0 bridgehead atoms. The number of imidazole rings is 2. The van der Waals surface area contributed by atoms with Crippen molar-refractivity contribution < 1.29 is 84.6 Å². The van der Waals surface area contributed by atoms with E-state index in [0.29, 0.717) is 0 Å². The van der Waals surface area contributed by atoms with Crippen molar-refractivity contribution in [1.29, 1.82) is 0 Å². The summed E-state index contributed by atoms with van der Waals surface area (Å²) in [7, 11) is -16.0. The fourth-order valence-corrected chi connectivity index (χ4v) is 10.6. The summed E-state index contributed by atoms with van der Waals surface area (Å²) in [6.45, 7) is -0.0891. The number of aliphatic hydroxyl groups is 2. The lowest BCUT2D eigenvalue weighted by atomic mass is 10.1. The number of ether oxygens (including phenoxy) is 4. The highest BCUT2D eigenvalue weighted by molar-refractivity contribution is 7.66. The number of aromatic amines is 2. The van der Waals surface area contributed by atoms with Gasteiger partial charge in [0.05, 0.1) is 26.6 Å². The molecule has 31 nitrogen and oxygen atoms in total. The summed E-state index contributed by atoms with van der Waals surface area (Å²) in [5.74, 6) is -2.37. The highest BCUT2D eigenvalue weighted by atomic mass is 31.3. The highest BCUT2D eigenvalue weighted by Crippen LogP contribution is 2.68. The number of H-pyrrole nitrogens is 2. The number of hydrogen-bond donors (Lipinski definition) is 11. The molecule has 0 spiro atoms. The van der Waals surface area contributed by atoms with Crippen LogP contribution in [-0.4, -0.2) is 134 Å². The summed E-state index contributed by atoms with van der Waals surface area (Å²) < 4.78 is 84.2. The van der Waals surface area contributed by atoms with Gasteiger partial charge in [0.1, 0.15) is 36.6 Å². The van der Waals surface area contributed by atoms with Crippen molar-refractivity contribution in [1.82, 2.24) is 39.4 Å². The molecule has 3 fully saturated rings. The molecular weight excluding hydrogens is 901 g/mol. The number of nitrogen functional groups attached to an aromatic ring is 2. The molecule has 0 saturated carbocycles. The quantitative estimate of drug-likeness (QED) is 0.0356. The SMILES string of the molecule is Cn1c[n+]([C@@H]2O[C@H](COP(=O)(O)OP(=O)(O)OP(=O)(O)OC[C@H]3O[C@@H](n4cnc5c(=O)[nH]c(N)nc54)[C@@H]4O[C@@](C)(CCC(=O)NCCN)O[C@@H]43)[C@@H](O)[C@H]2O)c2nc(N)[nH]c(=O)c21. The number of nitrogens with two attached hydrogens (primary N) is 3. The van der Waals surface area contributed by atoms with Gasteiger partial charge < -0.3 is 66.4 Å². The zero-order chi connectivity index (χ0) is 45.1. The van der Waals surface area contributed by atoms with Crippen LogP contribution in [0.25, 0.3) is 22.3 Å². The lowest BCUT2D eigenvalue weighted by Gasteiger charge is -2.28.